The predicted octanol–water partition coefficient (Wildman–Crippen LogP) is 4.18. The monoisotopic (exact) mass is 232 g/mol. The highest BCUT2D eigenvalue weighted by atomic mass is 14.7. The minimum atomic E-state index is 1.09. The van der Waals surface area contributed by atoms with E-state index in [1.807, 2.05) is 12.4 Å². The van der Waals surface area contributed by atoms with E-state index >= 15 is 0 Å². The van der Waals surface area contributed by atoms with E-state index in [1.165, 1.54) is 32.6 Å². The summed E-state index contributed by atoms with van der Waals surface area (Å²) < 4.78 is 0. The van der Waals surface area contributed by atoms with Crippen LogP contribution in [-0.2, 0) is 0 Å². The van der Waals surface area contributed by atoms with Gasteiger partial charge in [0.05, 0.1) is 11.0 Å². The number of H-pyrrole nitrogens is 1. The molecule has 0 aliphatic rings. The van der Waals surface area contributed by atoms with Gasteiger partial charge in [0.25, 0.3) is 0 Å². The third-order valence-corrected chi connectivity index (χ3v) is 3.57. The van der Waals surface area contributed by atoms with Crippen LogP contribution in [0.5, 0.6) is 0 Å². The van der Waals surface area contributed by atoms with Gasteiger partial charge in [-0.15, -0.1) is 0 Å². The van der Waals surface area contributed by atoms with Gasteiger partial charge in [0.1, 0.15) is 0 Å². The molecule has 2 aromatic carbocycles. The normalized spacial score (nSPS) is 11.6. The van der Waals surface area contributed by atoms with Gasteiger partial charge < -0.3 is 4.98 Å². The summed E-state index contributed by atoms with van der Waals surface area (Å²) in [6, 6.07) is 12.7. The Morgan fingerprint density at radius 2 is 1.94 bits per heavy atom. The predicted molar refractivity (Wildman–Crippen MR) is 75.8 cm³/mol. The zero-order valence-electron chi connectivity index (χ0n) is 10.1. The number of aromatic nitrogens is 2. The van der Waals surface area contributed by atoms with Crippen LogP contribution >= 0.6 is 0 Å². The second kappa shape index (κ2) is 3.33. The molecule has 0 unspecified atom stereocenters. The zero-order chi connectivity index (χ0) is 12.1. The zero-order valence-corrected chi connectivity index (χ0v) is 10.1. The molecule has 2 heterocycles. The van der Waals surface area contributed by atoms with Crippen LogP contribution in [-0.4, -0.2) is 9.97 Å². The molecule has 18 heavy (non-hydrogen) atoms. The summed E-state index contributed by atoms with van der Waals surface area (Å²) in [7, 11) is 0. The summed E-state index contributed by atoms with van der Waals surface area (Å²) in [5.74, 6) is 0. The minimum Gasteiger partial charge on any atom is -0.361 e. The van der Waals surface area contributed by atoms with Crippen molar-refractivity contribution in [2.75, 3.05) is 0 Å². The Hall–Kier alpha value is -2.35. The second-order valence-corrected chi connectivity index (χ2v) is 4.70. The first kappa shape index (κ1) is 9.66. The summed E-state index contributed by atoms with van der Waals surface area (Å²) in [4.78, 5) is 7.96. The Morgan fingerprint density at radius 1 is 1.06 bits per heavy atom. The number of benzene rings is 2. The van der Waals surface area contributed by atoms with Gasteiger partial charge in [0, 0.05) is 28.6 Å². The summed E-state index contributed by atoms with van der Waals surface area (Å²) in [5.41, 5.74) is 3.49. The molecule has 0 fully saturated rings. The molecule has 0 radical (unpaired) electrons. The standard InChI is InChI=1S/C16H12N2/c1-10-8-11-6-7-17-16(11)14-13-5-3-2-4-12(13)9-18-15(10)14/h2-9,17H,1H3. The van der Waals surface area contributed by atoms with E-state index < -0.39 is 0 Å². The molecule has 2 nitrogen and oxygen atoms in total. The Morgan fingerprint density at radius 3 is 2.89 bits per heavy atom. The molecule has 0 aliphatic carbocycles. The largest absolute Gasteiger partial charge is 0.361 e. The fourth-order valence-electron chi connectivity index (χ4n) is 2.74. The molecule has 0 atom stereocenters. The Bertz CT molecular complexity index is 887. The number of pyridine rings is 1. The first-order chi connectivity index (χ1) is 8.84. The molecule has 2 heteroatoms. The molecule has 0 spiro atoms. The lowest BCUT2D eigenvalue weighted by Gasteiger charge is -2.07. The van der Waals surface area contributed by atoms with Gasteiger partial charge in [-0.05, 0) is 30.0 Å². The van der Waals surface area contributed by atoms with E-state index in [0.717, 1.165) is 5.52 Å². The molecule has 0 bridgehead atoms. The van der Waals surface area contributed by atoms with E-state index in [2.05, 4.69) is 53.3 Å². The Kier molecular flexibility index (Phi) is 1.78. The van der Waals surface area contributed by atoms with Crippen LogP contribution in [0, 0.1) is 6.92 Å². The molecule has 0 amide bonds. The smallest absolute Gasteiger partial charge is 0.0758 e. The summed E-state index contributed by atoms with van der Waals surface area (Å²) in [5, 5.41) is 4.93. The minimum absolute atomic E-state index is 1.09. The maximum Gasteiger partial charge on any atom is 0.0758 e. The Labute approximate surface area is 104 Å². The van der Waals surface area contributed by atoms with Crippen molar-refractivity contribution in [3.8, 4) is 0 Å². The lowest BCUT2D eigenvalue weighted by molar-refractivity contribution is 1.39. The van der Waals surface area contributed by atoms with Gasteiger partial charge in [-0.1, -0.05) is 24.3 Å². The molecule has 4 aromatic rings. The van der Waals surface area contributed by atoms with Crippen molar-refractivity contribution >= 4 is 32.6 Å². The lowest BCUT2D eigenvalue weighted by Crippen LogP contribution is -1.87. The molecule has 1 N–H and O–H groups in total. The van der Waals surface area contributed by atoms with Crippen molar-refractivity contribution in [3.05, 3.63) is 54.4 Å². The lowest BCUT2D eigenvalue weighted by atomic mass is 10.0. The summed E-state index contributed by atoms with van der Waals surface area (Å²) in [6.07, 6.45) is 3.95. The first-order valence-electron chi connectivity index (χ1n) is 6.09. The number of nitrogens with zero attached hydrogens (tertiary/aromatic N) is 1. The molecule has 0 saturated carbocycles. The number of fused-ring (bicyclic) bond motifs is 5. The number of rotatable bonds is 0. The topological polar surface area (TPSA) is 28.7 Å². The van der Waals surface area contributed by atoms with Gasteiger partial charge in [0.15, 0.2) is 0 Å². The van der Waals surface area contributed by atoms with E-state index in [0.29, 0.717) is 0 Å². The van der Waals surface area contributed by atoms with Crippen molar-refractivity contribution in [1.29, 1.82) is 0 Å². The van der Waals surface area contributed by atoms with Crippen molar-refractivity contribution in [2.45, 2.75) is 6.92 Å². The maximum absolute atomic E-state index is 4.62. The van der Waals surface area contributed by atoms with Gasteiger partial charge in [0.2, 0.25) is 0 Å². The number of aromatic amines is 1. The SMILES string of the molecule is Cc1cc2cc[nH]c2c2c1ncc1ccccc12. The van der Waals surface area contributed by atoms with Crippen LogP contribution in [0.25, 0.3) is 32.6 Å². The first-order valence-corrected chi connectivity index (χ1v) is 6.09. The number of aryl methyl sites for hydroxylation is 1. The molecule has 0 aliphatic heterocycles. The van der Waals surface area contributed by atoms with Crippen LogP contribution in [0.15, 0.2) is 48.8 Å². The van der Waals surface area contributed by atoms with E-state index in [-0.39, 0.29) is 0 Å². The van der Waals surface area contributed by atoms with Crippen LogP contribution in [0.4, 0.5) is 0 Å². The average molecular weight is 232 g/mol. The molecule has 4 rings (SSSR count). The van der Waals surface area contributed by atoms with Crippen LogP contribution in [0.1, 0.15) is 5.56 Å². The van der Waals surface area contributed by atoms with Crippen LogP contribution < -0.4 is 0 Å². The van der Waals surface area contributed by atoms with Crippen LogP contribution in [0.2, 0.25) is 0 Å². The number of nitrogens with one attached hydrogen (secondary N) is 1. The molecular formula is C16H12N2. The van der Waals surface area contributed by atoms with Crippen molar-refractivity contribution in [1.82, 2.24) is 9.97 Å². The number of hydrogen-bond donors (Lipinski definition) is 1. The second-order valence-electron chi connectivity index (χ2n) is 4.70. The van der Waals surface area contributed by atoms with Gasteiger partial charge in [-0.2, -0.15) is 0 Å². The molecule has 86 valence electrons. The molecule has 2 aromatic heterocycles. The maximum atomic E-state index is 4.62. The van der Waals surface area contributed by atoms with E-state index in [9.17, 15) is 0 Å². The van der Waals surface area contributed by atoms with Crippen molar-refractivity contribution in [2.24, 2.45) is 0 Å². The highest BCUT2D eigenvalue weighted by Crippen LogP contribution is 2.31. The third kappa shape index (κ3) is 1.15. The highest BCUT2D eigenvalue weighted by Gasteiger charge is 2.09. The van der Waals surface area contributed by atoms with Crippen molar-refractivity contribution in [3.63, 3.8) is 0 Å². The van der Waals surface area contributed by atoms with Gasteiger partial charge in [-0.3, -0.25) is 4.98 Å². The van der Waals surface area contributed by atoms with Crippen molar-refractivity contribution < 1.29 is 0 Å². The molecule has 0 saturated heterocycles. The van der Waals surface area contributed by atoms with Crippen LogP contribution in [0.3, 0.4) is 0 Å². The quantitative estimate of drug-likeness (QED) is 0.453. The molecular weight excluding hydrogens is 220 g/mol. The summed E-state index contributed by atoms with van der Waals surface area (Å²) >= 11 is 0. The van der Waals surface area contributed by atoms with E-state index in [1.54, 1.807) is 0 Å². The van der Waals surface area contributed by atoms with Gasteiger partial charge >= 0.3 is 0 Å². The third-order valence-electron chi connectivity index (χ3n) is 3.57. The fraction of sp³-hybridized carbons (Fsp3) is 0.0625. The van der Waals surface area contributed by atoms with Gasteiger partial charge in [-0.25, -0.2) is 0 Å². The van der Waals surface area contributed by atoms with E-state index in [4.69, 9.17) is 0 Å². The number of hydrogen-bond acceptors (Lipinski definition) is 1. The summed E-state index contributed by atoms with van der Waals surface area (Å²) in [6.45, 7) is 2.12. The Balaban J connectivity index is 2.42. The average Bonchev–Trinajstić information content (AvgIpc) is 2.86. The fourth-order valence-corrected chi connectivity index (χ4v) is 2.74. The highest BCUT2D eigenvalue weighted by molar-refractivity contribution is 6.18.